The van der Waals surface area contributed by atoms with Crippen molar-refractivity contribution in [2.45, 2.75) is 67.5 Å². The summed E-state index contributed by atoms with van der Waals surface area (Å²) in [5.41, 5.74) is -0.402. The summed E-state index contributed by atoms with van der Waals surface area (Å²) in [6.45, 7) is 2.90. The van der Waals surface area contributed by atoms with Gasteiger partial charge in [0, 0.05) is 11.6 Å². The first-order chi connectivity index (χ1) is 13.4. The van der Waals surface area contributed by atoms with Gasteiger partial charge in [-0.3, -0.25) is 0 Å². The third-order valence-electron chi connectivity index (χ3n) is 8.05. The van der Waals surface area contributed by atoms with Gasteiger partial charge in [0.2, 0.25) is 0 Å². The number of piperidine rings is 1. The molecule has 2 saturated heterocycles. The van der Waals surface area contributed by atoms with Gasteiger partial charge in [0.05, 0.1) is 17.6 Å². The first-order valence-electron chi connectivity index (χ1n) is 10.2. The van der Waals surface area contributed by atoms with Gasteiger partial charge in [0.25, 0.3) is 0 Å². The predicted octanol–water partition coefficient (Wildman–Crippen LogP) is 0.877. The molecule has 6 atom stereocenters. The average Bonchev–Trinajstić information content (AvgIpc) is 3.27. The zero-order valence-electron chi connectivity index (χ0n) is 16.1. The van der Waals surface area contributed by atoms with Crippen molar-refractivity contribution in [3.05, 3.63) is 23.3 Å². The smallest absolute Gasteiger partial charge is 0.338 e. The van der Waals surface area contributed by atoms with E-state index in [1.165, 1.54) is 0 Å². The van der Waals surface area contributed by atoms with E-state index in [4.69, 9.17) is 14.2 Å². The zero-order valence-corrected chi connectivity index (χ0v) is 16.1. The van der Waals surface area contributed by atoms with Crippen LogP contribution in [0.15, 0.2) is 12.1 Å². The lowest BCUT2D eigenvalue weighted by molar-refractivity contribution is -0.196. The van der Waals surface area contributed by atoms with Gasteiger partial charge in [-0.2, -0.15) is 0 Å². The molecule has 150 valence electrons. The number of aromatic hydroxyl groups is 1. The van der Waals surface area contributed by atoms with Crippen LogP contribution in [0.1, 0.15) is 37.3 Å². The van der Waals surface area contributed by atoms with Crippen molar-refractivity contribution in [2.24, 2.45) is 0 Å². The van der Waals surface area contributed by atoms with Crippen LogP contribution < -0.4 is 4.74 Å². The summed E-state index contributed by atoms with van der Waals surface area (Å²) in [4.78, 5) is 14.7. The molecule has 0 aromatic heterocycles. The Morgan fingerprint density at radius 2 is 2.18 bits per heavy atom. The number of phenolic OH excluding ortho intramolecular Hbond substituents is 1. The van der Waals surface area contributed by atoms with Crippen LogP contribution in [0.25, 0.3) is 0 Å². The monoisotopic (exact) mass is 387 g/mol. The number of epoxide rings is 1. The van der Waals surface area contributed by atoms with Crippen molar-refractivity contribution in [1.29, 1.82) is 0 Å². The van der Waals surface area contributed by atoms with Gasteiger partial charge in [0.1, 0.15) is 11.7 Å². The lowest BCUT2D eigenvalue weighted by atomic mass is 9.47. The number of benzene rings is 1. The number of aliphatic hydroxyl groups is 1. The highest BCUT2D eigenvalue weighted by molar-refractivity contribution is 5.80. The topological polar surface area (TPSA) is 91.8 Å². The molecule has 28 heavy (non-hydrogen) atoms. The Labute approximate surface area is 163 Å². The van der Waals surface area contributed by atoms with E-state index in [9.17, 15) is 15.0 Å². The Morgan fingerprint density at radius 1 is 1.36 bits per heavy atom. The number of phenols is 1. The Morgan fingerprint density at radius 3 is 2.96 bits per heavy atom. The molecule has 2 N–H and O–H groups in total. The van der Waals surface area contributed by atoms with E-state index < -0.39 is 28.8 Å². The fourth-order valence-corrected chi connectivity index (χ4v) is 6.82. The number of hydrogen-bond donors (Lipinski definition) is 2. The van der Waals surface area contributed by atoms with E-state index in [1.54, 1.807) is 13.0 Å². The number of carbonyl (C=O) groups excluding carboxylic acids is 1. The van der Waals surface area contributed by atoms with Crippen LogP contribution in [0.4, 0.5) is 0 Å². The molecule has 0 amide bonds. The number of esters is 1. The summed E-state index contributed by atoms with van der Waals surface area (Å²) in [5.74, 6) is 0.183. The number of hydrogen-bond acceptors (Lipinski definition) is 7. The summed E-state index contributed by atoms with van der Waals surface area (Å²) >= 11 is 0. The van der Waals surface area contributed by atoms with Gasteiger partial charge >= 0.3 is 5.97 Å². The Hall–Kier alpha value is -1.83. The number of nitrogens with zero attached hydrogens (tertiary/aromatic N) is 1. The molecule has 1 unspecified atom stereocenters. The van der Waals surface area contributed by atoms with E-state index >= 15 is 0 Å². The molecular weight excluding hydrogens is 362 g/mol. The number of ether oxygens (including phenoxy) is 3. The molecule has 1 aromatic rings. The minimum Gasteiger partial charge on any atom is -0.504 e. The van der Waals surface area contributed by atoms with Crippen LogP contribution in [0.5, 0.6) is 11.5 Å². The fraction of sp³-hybridized carbons (Fsp3) is 0.667. The Kier molecular flexibility index (Phi) is 3.05. The second kappa shape index (κ2) is 5.01. The summed E-state index contributed by atoms with van der Waals surface area (Å²) < 4.78 is 17.6. The molecule has 1 saturated carbocycles. The lowest BCUT2D eigenvalue weighted by Gasteiger charge is -2.63. The van der Waals surface area contributed by atoms with Gasteiger partial charge in [-0.05, 0) is 57.8 Å². The van der Waals surface area contributed by atoms with Crippen LogP contribution in [0.3, 0.4) is 0 Å². The van der Waals surface area contributed by atoms with Gasteiger partial charge < -0.3 is 29.3 Å². The molecule has 3 aliphatic heterocycles. The summed E-state index contributed by atoms with van der Waals surface area (Å²) in [7, 11) is 2.06. The molecular formula is C21H25NO6. The van der Waals surface area contributed by atoms with Crippen molar-refractivity contribution >= 4 is 5.97 Å². The van der Waals surface area contributed by atoms with Crippen LogP contribution in [-0.4, -0.2) is 70.7 Å². The zero-order chi connectivity index (χ0) is 19.5. The number of carbonyl (C=O) groups is 1. The third kappa shape index (κ3) is 1.63. The van der Waals surface area contributed by atoms with Gasteiger partial charge in [0.15, 0.2) is 17.6 Å². The minimum absolute atomic E-state index is 0.0208. The highest BCUT2D eigenvalue weighted by Crippen LogP contribution is 2.70. The maximum absolute atomic E-state index is 12.4. The van der Waals surface area contributed by atoms with Crippen molar-refractivity contribution in [3.63, 3.8) is 0 Å². The number of likely N-dealkylation sites (N-methyl/N-ethyl adjacent to an activating group) is 1. The molecule has 0 radical (unpaired) electrons. The minimum atomic E-state index is -0.979. The first-order valence-corrected chi connectivity index (χ1v) is 10.2. The van der Waals surface area contributed by atoms with Crippen LogP contribution in [0, 0.1) is 0 Å². The molecule has 3 heterocycles. The molecule has 2 bridgehead atoms. The average molecular weight is 387 g/mol. The summed E-state index contributed by atoms with van der Waals surface area (Å²) in [6, 6.07) is 3.60. The second-order valence-corrected chi connectivity index (χ2v) is 9.00. The fourth-order valence-electron chi connectivity index (χ4n) is 6.82. The molecule has 1 aromatic carbocycles. The van der Waals surface area contributed by atoms with Gasteiger partial charge in [-0.25, -0.2) is 4.79 Å². The van der Waals surface area contributed by atoms with Crippen molar-refractivity contribution in [2.75, 3.05) is 20.2 Å². The maximum Gasteiger partial charge on any atom is 0.338 e. The largest absolute Gasteiger partial charge is 0.504 e. The number of likely N-dealkylation sites (tertiary alicyclic amines) is 1. The van der Waals surface area contributed by atoms with Crippen molar-refractivity contribution in [1.82, 2.24) is 4.90 Å². The van der Waals surface area contributed by atoms with E-state index in [0.717, 1.165) is 24.1 Å². The molecule has 6 rings (SSSR count). The van der Waals surface area contributed by atoms with E-state index in [-0.39, 0.29) is 17.8 Å². The quantitative estimate of drug-likeness (QED) is 0.575. The third-order valence-corrected chi connectivity index (χ3v) is 8.05. The van der Waals surface area contributed by atoms with E-state index in [2.05, 4.69) is 11.9 Å². The summed E-state index contributed by atoms with van der Waals surface area (Å²) in [5, 5.41) is 22.6. The standard InChI is InChI=1S/C21H25NO6/c1-3-26-17(24)16-20(28-16)6-7-21(25)13-10-11-4-5-12(23)15-14(11)19(21,18(20)27-15)8-9-22(13)2/h4-5,13,16,18,23,25H,3,6-10H2,1-2H3/t13-,16-,18-,19+,20?,21-/m1/s1. The molecule has 3 fully saturated rings. The molecule has 5 aliphatic rings. The van der Waals surface area contributed by atoms with Crippen molar-refractivity contribution in [3.8, 4) is 11.5 Å². The molecule has 2 spiro atoms. The molecule has 2 aliphatic carbocycles. The van der Waals surface area contributed by atoms with E-state index in [0.29, 0.717) is 31.6 Å². The van der Waals surface area contributed by atoms with Crippen LogP contribution in [-0.2, 0) is 26.1 Å². The van der Waals surface area contributed by atoms with Crippen LogP contribution in [0.2, 0.25) is 0 Å². The van der Waals surface area contributed by atoms with E-state index in [1.807, 2.05) is 6.07 Å². The maximum atomic E-state index is 12.4. The SMILES string of the molecule is CCOC(=O)[C@H]1OC12CC[C@@]1(O)[C@H]3Cc4ccc(O)c5c4[C@@]1(CCN3C)[C@H]2O5. The first kappa shape index (κ1) is 17.1. The highest BCUT2D eigenvalue weighted by atomic mass is 16.7. The Bertz CT molecular complexity index is 903. The molecule has 7 nitrogen and oxygen atoms in total. The summed E-state index contributed by atoms with van der Waals surface area (Å²) in [6.07, 6.45) is 1.32. The van der Waals surface area contributed by atoms with Gasteiger partial charge in [-0.1, -0.05) is 6.07 Å². The van der Waals surface area contributed by atoms with Crippen LogP contribution >= 0.6 is 0 Å². The lowest BCUT2D eigenvalue weighted by Crippen LogP contribution is -2.77. The number of fused-ring (bicyclic) bond motifs is 1. The highest BCUT2D eigenvalue weighted by Gasteiger charge is 2.82. The van der Waals surface area contributed by atoms with Gasteiger partial charge in [-0.15, -0.1) is 0 Å². The predicted molar refractivity (Wildman–Crippen MR) is 97.4 cm³/mol. The second-order valence-electron chi connectivity index (χ2n) is 9.00. The number of rotatable bonds is 2. The Balaban J connectivity index is 1.55. The van der Waals surface area contributed by atoms with Crippen molar-refractivity contribution < 1.29 is 29.2 Å². The normalized spacial score (nSPS) is 44.8. The molecule has 7 heteroatoms.